The molecule has 0 saturated heterocycles. The van der Waals surface area contributed by atoms with Gasteiger partial charge in [-0.25, -0.2) is 13.1 Å². The first-order valence-electron chi connectivity index (χ1n) is 7.97. The molecular weight excluding hydrogens is 340 g/mol. The molecule has 25 heavy (non-hydrogen) atoms. The topological polar surface area (TPSA) is 84.5 Å². The van der Waals surface area contributed by atoms with E-state index < -0.39 is 10.0 Å². The molecule has 1 aliphatic rings. The molecule has 0 heterocycles. The van der Waals surface area contributed by atoms with E-state index in [2.05, 4.69) is 10.0 Å². The lowest BCUT2D eigenvalue weighted by atomic mass is 10.2. The third kappa shape index (κ3) is 4.18. The summed E-state index contributed by atoms with van der Waals surface area (Å²) in [7, 11) is -2.33. The highest BCUT2D eigenvalue weighted by atomic mass is 32.2. The molecule has 0 atom stereocenters. The molecule has 1 amide bonds. The molecule has 0 unspecified atom stereocenters. The maximum atomic E-state index is 12.5. The smallest absolute Gasteiger partial charge is 0.255 e. The van der Waals surface area contributed by atoms with Crippen molar-refractivity contribution in [2.45, 2.75) is 30.7 Å². The molecule has 7 heteroatoms. The van der Waals surface area contributed by atoms with E-state index in [-0.39, 0.29) is 28.2 Å². The van der Waals surface area contributed by atoms with E-state index in [0.29, 0.717) is 5.69 Å². The van der Waals surface area contributed by atoms with Crippen molar-refractivity contribution in [2.24, 2.45) is 0 Å². The molecule has 2 N–H and O–H groups in total. The summed E-state index contributed by atoms with van der Waals surface area (Å²) in [6.45, 7) is 1.93. The van der Waals surface area contributed by atoms with Crippen LogP contribution in [0.4, 0.5) is 5.69 Å². The molecule has 1 saturated carbocycles. The third-order valence-corrected chi connectivity index (χ3v) is 5.43. The maximum absolute atomic E-state index is 12.5. The predicted octanol–water partition coefficient (Wildman–Crippen LogP) is 2.70. The maximum Gasteiger partial charge on any atom is 0.255 e. The van der Waals surface area contributed by atoms with Crippen molar-refractivity contribution in [1.82, 2.24) is 4.72 Å². The Kier molecular flexibility index (Phi) is 4.78. The van der Waals surface area contributed by atoms with Gasteiger partial charge in [-0.1, -0.05) is 12.1 Å². The Morgan fingerprint density at radius 2 is 1.92 bits per heavy atom. The number of methoxy groups -OCH3 is 1. The summed E-state index contributed by atoms with van der Waals surface area (Å²) >= 11 is 0. The molecule has 132 valence electrons. The zero-order valence-corrected chi connectivity index (χ0v) is 14.9. The zero-order chi connectivity index (χ0) is 18.0. The second kappa shape index (κ2) is 6.85. The molecule has 2 aromatic carbocycles. The summed E-state index contributed by atoms with van der Waals surface area (Å²) in [5.41, 5.74) is 1.92. The molecule has 1 aliphatic carbocycles. The summed E-state index contributed by atoms with van der Waals surface area (Å²) in [5, 5.41) is 2.77. The largest absolute Gasteiger partial charge is 0.495 e. The molecule has 0 bridgehead atoms. The number of benzene rings is 2. The molecule has 0 aromatic heterocycles. The number of hydrogen-bond donors (Lipinski definition) is 2. The normalized spacial score (nSPS) is 14.2. The summed E-state index contributed by atoms with van der Waals surface area (Å²) in [6.07, 6.45) is 1.66. The lowest BCUT2D eigenvalue weighted by Gasteiger charge is -2.12. The van der Waals surface area contributed by atoms with Gasteiger partial charge in [-0.05, 0) is 55.7 Å². The van der Waals surface area contributed by atoms with Crippen LogP contribution in [0.2, 0.25) is 0 Å². The Bertz CT molecular complexity index is 905. The van der Waals surface area contributed by atoms with Gasteiger partial charge >= 0.3 is 0 Å². The number of carbonyl (C=O) groups excluding carboxylic acids is 1. The van der Waals surface area contributed by atoms with Gasteiger partial charge in [-0.3, -0.25) is 4.79 Å². The Hall–Kier alpha value is -2.38. The highest BCUT2D eigenvalue weighted by Gasteiger charge is 2.30. The van der Waals surface area contributed by atoms with Crippen LogP contribution in [0.5, 0.6) is 5.75 Å². The number of amides is 1. The van der Waals surface area contributed by atoms with Crippen LogP contribution in [0.25, 0.3) is 0 Å². The lowest BCUT2D eigenvalue weighted by Crippen LogP contribution is -2.26. The van der Waals surface area contributed by atoms with Crippen LogP contribution >= 0.6 is 0 Å². The van der Waals surface area contributed by atoms with Crippen LogP contribution in [0, 0.1) is 6.92 Å². The molecule has 0 aliphatic heterocycles. The monoisotopic (exact) mass is 360 g/mol. The van der Waals surface area contributed by atoms with Gasteiger partial charge in [0, 0.05) is 17.3 Å². The first-order valence-corrected chi connectivity index (χ1v) is 9.46. The van der Waals surface area contributed by atoms with Crippen LogP contribution in [-0.4, -0.2) is 27.5 Å². The van der Waals surface area contributed by atoms with Crippen molar-refractivity contribution in [3.8, 4) is 5.75 Å². The molecule has 6 nitrogen and oxygen atoms in total. The van der Waals surface area contributed by atoms with E-state index in [9.17, 15) is 13.2 Å². The number of rotatable bonds is 6. The minimum Gasteiger partial charge on any atom is -0.495 e. The van der Waals surface area contributed by atoms with E-state index in [0.717, 1.165) is 18.4 Å². The van der Waals surface area contributed by atoms with Gasteiger partial charge in [0.1, 0.15) is 10.6 Å². The van der Waals surface area contributed by atoms with Gasteiger partial charge < -0.3 is 10.1 Å². The minimum absolute atomic E-state index is 0.0283. The van der Waals surface area contributed by atoms with Crippen LogP contribution < -0.4 is 14.8 Å². The van der Waals surface area contributed by atoms with E-state index in [4.69, 9.17) is 4.74 Å². The van der Waals surface area contributed by atoms with Crippen molar-refractivity contribution < 1.29 is 17.9 Å². The number of nitrogens with one attached hydrogen (secondary N) is 2. The van der Waals surface area contributed by atoms with Gasteiger partial charge in [-0.2, -0.15) is 0 Å². The van der Waals surface area contributed by atoms with Gasteiger partial charge in [-0.15, -0.1) is 0 Å². The average molecular weight is 360 g/mol. The zero-order valence-electron chi connectivity index (χ0n) is 14.1. The molecular formula is C18H20N2O4S. The standard InChI is InChI=1S/C18H20N2O4S/c1-12-4-3-5-15(10-12)19-18(21)13-6-9-16(24-2)17(11-13)25(22,23)20-14-7-8-14/h3-6,9-11,14,20H,7-8H2,1-2H3,(H,19,21). The van der Waals surface area contributed by atoms with Crippen molar-refractivity contribution in [3.63, 3.8) is 0 Å². The van der Waals surface area contributed by atoms with Gasteiger partial charge in [0.2, 0.25) is 10.0 Å². The number of anilines is 1. The fourth-order valence-corrected chi connectivity index (χ4v) is 3.94. The van der Waals surface area contributed by atoms with Gasteiger partial charge in [0.25, 0.3) is 5.91 Å². The van der Waals surface area contributed by atoms with E-state index >= 15 is 0 Å². The van der Waals surface area contributed by atoms with Crippen LogP contribution in [0.3, 0.4) is 0 Å². The first kappa shape index (κ1) is 17.4. The van der Waals surface area contributed by atoms with Crippen molar-refractivity contribution >= 4 is 21.6 Å². The molecule has 1 fully saturated rings. The van der Waals surface area contributed by atoms with E-state index in [1.54, 1.807) is 12.1 Å². The number of hydrogen-bond acceptors (Lipinski definition) is 4. The van der Waals surface area contributed by atoms with Crippen molar-refractivity contribution in [2.75, 3.05) is 12.4 Å². The first-order chi connectivity index (χ1) is 11.9. The quantitative estimate of drug-likeness (QED) is 0.829. The number of aryl methyl sites for hydroxylation is 1. The van der Waals surface area contributed by atoms with E-state index in [1.165, 1.54) is 19.2 Å². The molecule has 2 aromatic rings. The molecule has 0 radical (unpaired) electrons. The second-order valence-electron chi connectivity index (χ2n) is 6.08. The van der Waals surface area contributed by atoms with Crippen molar-refractivity contribution in [3.05, 3.63) is 53.6 Å². The Labute approximate surface area is 147 Å². The second-order valence-corrected chi connectivity index (χ2v) is 7.77. The number of sulfonamides is 1. The van der Waals surface area contributed by atoms with E-state index in [1.807, 2.05) is 25.1 Å². The fourth-order valence-electron chi connectivity index (χ4n) is 2.44. The molecule has 0 spiro atoms. The highest BCUT2D eigenvalue weighted by molar-refractivity contribution is 7.89. The SMILES string of the molecule is COc1ccc(C(=O)Nc2cccc(C)c2)cc1S(=O)(=O)NC1CC1. The Morgan fingerprint density at radius 1 is 1.16 bits per heavy atom. The van der Waals surface area contributed by atoms with Crippen molar-refractivity contribution in [1.29, 1.82) is 0 Å². The number of ether oxygens (including phenoxy) is 1. The molecule has 3 rings (SSSR count). The minimum atomic E-state index is -3.73. The Balaban J connectivity index is 1.89. The fraction of sp³-hybridized carbons (Fsp3) is 0.278. The van der Waals surface area contributed by atoms with Crippen LogP contribution in [0.1, 0.15) is 28.8 Å². The summed E-state index contributed by atoms with van der Waals surface area (Å²) in [5.74, 6) is -0.170. The number of carbonyl (C=O) groups is 1. The van der Waals surface area contributed by atoms with Crippen LogP contribution in [0.15, 0.2) is 47.4 Å². The van der Waals surface area contributed by atoms with Gasteiger partial charge in [0.05, 0.1) is 7.11 Å². The van der Waals surface area contributed by atoms with Crippen LogP contribution in [-0.2, 0) is 10.0 Å². The summed E-state index contributed by atoms with van der Waals surface area (Å²) in [6, 6.07) is 11.7. The lowest BCUT2D eigenvalue weighted by molar-refractivity contribution is 0.102. The predicted molar refractivity (Wildman–Crippen MR) is 95.5 cm³/mol. The highest BCUT2D eigenvalue weighted by Crippen LogP contribution is 2.28. The summed E-state index contributed by atoms with van der Waals surface area (Å²) in [4.78, 5) is 12.4. The Morgan fingerprint density at radius 3 is 2.56 bits per heavy atom. The average Bonchev–Trinajstić information content (AvgIpc) is 3.37. The van der Waals surface area contributed by atoms with Gasteiger partial charge in [0.15, 0.2) is 0 Å². The third-order valence-electron chi connectivity index (χ3n) is 3.89. The summed E-state index contributed by atoms with van der Waals surface area (Å²) < 4.78 is 32.8.